The third-order valence-electron chi connectivity index (χ3n) is 6.44. The number of hydrogen-bond acceptors (Lipinski definition) is 9. The molecule has 0 bridgehead atoms. The van der Waals surface area contributed by atoms with Crippen LogP contribution in [0.2, 0.25) is 0 Å². The molecule has 4 rings (SSSR count). The van der Waals surface area contributed by atoms with Gasteiger partial charge in [0.05, 0.1) is 57.0 Å². The Labute approximate surface area is 266 Å². The van der Waals surface area contributed by atoms with Crippen LogP contribution in [0.5, 0.6) is 23.0 Å². The number of carboxylic acid groups (broad SMARTS) is 1. The second-order valence-electron chi connectivity index (χ2n) is 10.5. The molecule has 2 aromatic carbocycles. The molecule has 0 fully saturated rings. The summed E-state index contributed by atoms with van der Waals surface area (Å²) in [5, 5.41) is 9.90. The van der Waals surface area contributed by atoms with Gasteiger partial charge in [0.2, 0.25) is 0 Å². The quantitative estimate of drug-likeness (QED) is 0.138. The molecule has 8 nitrogen and oxygen atoms in total. The van der Waals surface area contributed by atoms with E-state index < -0.39 is 5.97 Å². The zero-order chi connectivity index (χ0) is 32.0. The van der Waals surface area contributed by atoms with Crippen LogP contribution in [0.3, 0.4) is 0 Å². The van der Waals surface area contributed by atoms with E-state index in [0.29, 0.717) is 28.6 Å². The lowest BCUT2D eigenvalue weighted by Crippen LogP contribution is -2.07. The van der Waals surface area contributed by atoms with Crippen molar-refractivity contribution in [3.8, 4) is 53.6 Å². The second-order valence-corrected chi connectivity index (χ2v) is 12.6. The van der Waals surface area contributed by atoms with Crippen molar-refractivity contribution in [1.82, 2.24) is 0 Å². The third-order valence-corrected chi connectivity index (χ3v) is 8.99. The van der Waals surface area contributed by atoms with Crippen molar-refractivity contribution in [3.63, 3.8) is 0 Å². The topological polar surface area (TPSA) is 101 Å². The maximum atomic E-state index is 12.8. The standard InChI is InChI=1S/C34H38O8S2/c1-8-40-30(37)18-22-16-28(32-24(39-7)12-10-14-26(32)42-20(4)5)44-34(22)33-21(17-29(35)36)15-27(43-33)31-23(38-6)11-9-13-25(31)41-19(2)3/h9-16,19-20H,8,17-18H2,1-7H3,(H,35,36). The predicted octanol–water partition coefficient (Wildman–Crippen LogP) is 8.13. The van der Waals surface area contributed by atoms with Crippen LogP contribution in [-0.4, -0.2) is 50.1 Å². The summed E-state index contributed by atoms with van der Waals surface area (Å²) < 4.78 is 29.1. The first-order valence-electron chi connectivity index (χ1n) is 14.4. The number of esters is 1. The summed E-state index contributed by atoms with van der Waals surface area (Å²) in [5.74, 6) is 1.19. The molecule has 0 saturated heterocycles. The van der Waals surface area contributed by atoms with Gasteiger partial charge in [-0.05, 0) is 82.1 Å². The van der Waals surface area contributed by atoms with Gasteiger partial charge in [-0.15, -0.1) is 22.7 Å². The van der Waals surface area contributed by atoms with Gasteiger partial charge in [-0.25, -0.2) is 0 Å². The molecule has 0 radical (unpaired) electrons. The lowest BCUT2D eigenvalue weighted by Gasteiger charge is -2.16. The van der Waals surface area contributed by atoms with Crippen LogP contribution in [0.15, 0.2) is 48.5 Å². The van der Waals surface area contributed by atoms with Gasteiger partial charge in [-0.1, -0.05) is 12.1 Å². The maximum Gasteiger partial charge on any atom is 0.310 e. The van der Waals surface area contributed by atoms with Crippen LogP contribution in [0.1, 0.15) is 45.7 Å². The van der Waals surface area contributed by atoms with Gasteiger partial charge in [0.15, 0.2) is 0 Å². The smallest absolute Gasteiger partial charge is 0.310 e. The Kier molecular flexibility index (Phi) is 10.9. The summed E-state index contributed by atoms with van der Waals surface area (Å²) in [5.41, 5.74) is 2.85. The number of carbonyl (C=O) groups excluding carboxylic acids is 1. The molecule has 44 heavy (non-hydrogen) atoms. The van der Waals surface area contributed by atoms with Crippen molar-refractivity contribution in [2.24, 2.45) is 0 Å². The average Bonchev–Trinajstić information content (AvgIpc) is 3.55. The molecule has 0 aliphatic rings. The predicted molar refractivity (Wildman–Crippen MR) is 175 cm³/mol. The Morgan fingerprint density at radius 1 is 0.727 bits per heavy atom. The third kappa shape index (κ3) is 7.54. The first-order valence-corrected chi connectivity index (χ1v) is 16.0. The number of benzene rings is 2. The van der Waals surface area contributed by atoms with E-state index in [4.69, 9.17) is 23.7 Å². The van der Waals surface area contributed by atoms with Crippen LogP contribution in [0.4, 0.5) is 0 Å². The Morgan fingerprint density at radius 3 is 1.55 bits per heavy atom. The Morgan fingerprint density at radius 2 is 1.16 bits per heavy atom. The number of rotatable bonds is 14. The van der Waals surface area contributed by atoms with E-state index in [1.165, 1.54) is 22.7 Å². The number of methoxy groups -OCH3 is 2. The first-order chi connectivity index (χ1) is 21.1. The van der Waals surface area contributed by atoms with Crippen LogP contribution in [0.25, 0.3) is 30.6 Å². The summed E-state index contributed by atoms with van der Waals surface area (Å²) >= 11 is 2.90. The van der Waals surface area contributed by atoms with Gasteiger partial charge in [-0.2, -0.15) is 0 Å². The van der Waals surface area contributed by atoms with Crippen molar-refractivity contribution < 1.29 is 38.4 Å². The minimum absolute atomic E-state index is 0.0192. The number of aliphatic carboxylic acids is 1. The van der Waals surface area contributed by atoms with Gasteiger partial charge in [0.1, 0.15) is 23.0 Å². The number of ether oxygens (including phenoxy) is 5. The fourth-order valence-corrected chi connectivity index (χ4v) is 7.50. The van der Waals surface area contributed by atoms with E-state index in [2.05, 4.69) is 0 Å². The Hall–Kier alpha value is -4.02. The molecule has 0 unspecified atom stereocenters. The van der Waals surface area contributed by atoms with Crippen LogP contribution in [-0.2, 0) is 27.2 Å². The fraction of sp³-hybridized carbons (Fsp3) is 0.353. The highest BCUT2D eigenvalue weighted by molar-refractivity contribution is 7.25. The van der Waals surface area contributed by atoms with E-state index in [-0.39, 0.29) is 37.6 Å². The van der Waals surface area contributed by atoms with Crippen molar-refractivity contribution >= 4 is 34.6 Å². The second kappa shape index (κ2) is 14.6. The molecule has 0 aliphatic heterocycles. The number of carbonyl (C=O) groups is 2. The average molecular weight is 639 g/mol. The highest BCUT2D eigenvalue weighted by Gasteiger charge is 2.26. The van der Waals surface area contributed by atoms with Gasteiger partial charge >= 0.3 is 11.9 Å². The van der Waals surface area contributed by atoms with Crippen molar-refractivity contribution in [1.29, 1.82) is 0 Å². The van der Waals surface area contributed by atoms with E-state index in [1.807, 2.05) is 76.2 Å². The van der Waals surface area contributed by atoms with E-state index in [1.54, 1.807) is 21.1 Å². The number of carboxylic acids is 1. The molecule has 0 spiro atoms. The van der Waals surface area contributed by atoms with Crippen molar-refractivity contribution in [3.05, 3.63) is 59.7 Å². The lowest BCUT2D eigenvalue weighted by molar-refractivity contribution is -0.142. The molecule has 0 atom stereocenters. The maximum absolute atomic E-state index is 12.8. The van der Waals surface area contributed by atoms with Crippen LogP contribution in [0, 0.1) is 0 Å². The molecular weight excluding hydrogens is 601 g/mol. The monoisotopic (exact) mass is 638 g/mol. The lowest BCUT2D eigenvalue weighted by atomic mass is 10.0. The Bertz CT molecular complexity index is 1620. The fourth-order valence-electron chi connectivity index (χ4n) is 4.83. The van der Waals surface area contributed by atoms with Gasteiger partial charge in [-0.3, -0.25) is 9.59 Å². The molecule has 2 aromatic heterocycles. The van der Waals surface area contributed by atoms with Crippen molar-refractivity contribution in [2.75, 3.05) is 20.8 Å². The summed E-state index contributed by atoms with van der Waals surface area (Å²) in [4.78, 5) is 28.0. The Balaban J connectivity index is 1.98. The van der Waals surface area contributed by atoms with Crippen LogP contribution < -0.4 is 18.9 Å². The summed E-state index contributed by atoms with van der Waals surface area (Å²) in [7, 11) is 3.20. The summed E-state index contributed by atoms with van der Waals surface area (Å²) in [6, 6.07) is 15.0. The summed E-state index contributed by atoms with van der Waals surface area (Å²) in [6.45, 7) is 9.82. The SMILES string of the molecule is CCOC(=O)Cc1cc(-c2c(OC)cccc2OC(C)C)sc1-c1sc(-c2c(OC)cccc2OC(C)C)cc1CC(=O)O. The molecule has 0 aliphatic carbocycles. The van der Waals surface area contributed by atoms with Gasteiger partial charge < -0.3 is 28.8 Å². The zero-order valence-corrected chi connectivity index (χ0v) is 27.6. The minimum atomic E-state index is -0.963. The molecule has 10 heteroatoms. The molecular formula is C34H38O8S2. The highest BCUT2D eigenvalue weighted by Crippen LogP contribution is 2.51. The molecule has 2 heterocycles. The molecule has 234 valence electrons. The van der Waals surface area contributed by atoms with E-state index in [9.17, 15) is 14.7 Å². The summed E-state index contributed by atoms with van der Waals surface area (Å²) in [6.07, 6.45) is -0.350. The van der Waals surface area contributed by atoms with Gasteiger partial charge in [0.25, 0.3) is 0 Å². The van der Waals surface area contributed by atoms with Gasteiger partial charge in [0, 0.05) is 19.5 Å². The molecule has 0 amide bonds. The molecule has 4 aromatic rings. The van der Waals surface area contributed by atoms with Crippen LogP contribution >= 0.6 is 22.7 Å². The number of hydrogen-bond donors (Lipinski definition) is 1. The highest BCUT2D eigenvalue weighted by atomic mass is 32.1. The molecule has 0 saturated carbocycles. The number of thiophene rings is 2. The zero-order valence-electron chi connectivity index (χ0n) is 26.0. The van der Waals surface area contributed by atoms with E-state index in [0.717, 1.165) is 36.2 Å². The first kappa shape index (κ1) is 32.9. The van der Waals surface area contributed by atoms with E-state index >= 15 is 0 Å². The minimum Gasteiger partial charge on any atom is -0.496 e. The molecule has 1 N–H and O–H groups in total. The normalized spacial score (nSPS) is 11.1. The van der Waals surface area contributed by atoms with Crippen molar-refractivity contribution in [2.45, 2.75) is 59.7 Å². The largest absolute Gasteiger partial charge is 0.496 e.